The molecule has 0 unspecified atom stereocenters. The average Bonchev–Trinajstić information content (AvgIpc) is 2.65. The second-order valence-corrected chi connectivity index (χ2v) is 9.56. The van der Waals surface area contributed by atoms with Gasteiger partial charge in [-0.2, -0.15) is 4.31 Å². The highest BCUT2D eigenvalue weighted by atomic mass is 32.2. The molecule has 0 aromatic heterocycles. The molecule has 2 fully saturated rings. The second kappa shape index (κ2) is 7.92. The maximum absolute atomic E-state index is 14.7. The first-order valence-corrected chi connectivity index (χ1v) is 10.8. The number of ether oxygens (including phenoxy) is 1. The molecular weight excluding hydrogens is 355 g/mol. The number of nitrogens with zero attached hydrogens (tertiary/aromatic N) is 2. The minimum Gasteiger partial charge on any atom is -0.379 e. The summed E-state index contributed by atoms with van der Waals surface area (Å²) in [5.74, 6) is 0.0503. The lowest BCUT2D eigenvalue weighted by Crippen LogP contribution is -2.44. The Morgan fingerprint density at radius 2 is 1.65 bits per heavy atom. The average molecular weight is 385 g/mol. The Bertz CT molecular complexity index is 692. The van der Waals surface area contributed by atoms with Gasteiger partial charge in [-0.05, 0) is 36.5 Å². The van der Waals surface area contributed by atoms with E-state index < -0.39 is 15.7 Å². The molecule has 0 N–H and O–H groups in total. The molecule has 0 radical (unpaired) electrons. The van der Waals surface area contributed by atoms with Crippen LogP contribution < -0.4 is 0 Å². The molecule has 1 aromatic carbocycles. The van der Waals surface area contributed by atoms with E-state index >= 15 is 0 Å². The molecule has 0 amide bonds. The van der Waals surface area contributed by atoms with Crippen LogP contribution in [0.1, 0.15) is 32.3 Å². The number of alkyl halides is 1. The Kier molecular flexibility index (Phi) is 6.01. The standard InChI is InChI=1S/C19H29FN2O3S/c1-16(2)19(20)7-9-21(10-8-19)15-17-3-5-18(6-4-17)26(23,24)22-11-13-25-14-12-22/h3-6,16H,7-15H2,1-2H3. The van der Waals surface area contributed by atoms with Gasteiger partial charge in [0, 0.05) is 32.7 Å². The van der Waals surface area contributed by atoms with Gasteiger partial charge in [0.2, 0.25) is 10.0 Å². The van der Waals surface area contributed by atoms with E-state index in [1.165, 1.54) is 4.31 Å². The van der Waals surface area contributed by atoms with Gasteiger partial charge in [0.25, 0.3) is 0 Å². The van der Waals surface area contributed by atoms with Gasteiger partial charge < -0.3 is 4.74 Å². The van der Waals surface area contributed by atoms with E-state index in [-0.39, 0.29) is 5.92 Å². The first-order chi connectivity index (χ1) is 12.3. The summed E-state index contributed by atoms with van der Waals surface area (Å²) in [6, 6.07) is 7.09. The van der Waals surface area contributed by atoms with Gasteiger partial charge in [0.05, 0.1) is 18.1 Å². The van der Waals surface area contributed by atoms with Gasteiger partial charge in [-0.3, -0.25) is 4.90 Å². The molecule has 2 heterocycles. The molecule has 2 aliphatic heterocycles. The molecule has 7 heteroatoms. The van der Waals surface area contributed by atoms with Gasteiger partial charge in [-0.25, -0.2) is 12.8 Å². The summed E-state index contributed by atoms with van der Waals surface area (Å²) in [6.07, 6.45) is 1.13. The zero-order chi connectivity index (χ0) is 18.8. The second-order valence-electron chi connectivity index (χ2n) is 7.63. The topological polar surface area (TPSA) is 49.9 Å². The summed E-state index contributed by atoms with van der Waals surface area (Å²) < 4.78 is 46.6. The zero-order valence-corrected chi connectivity index (χ0v) is 16.5. The van der Waals surface area contributed by atoms with Crippen molar-refractivity contribution in [3.05, 3.63) is 29.8 Å². The van der Waals surface area contributed by atoms with Crippen LogP contribution in [0.4, 0.5) is 4.39 Å². The molecule has 0 atom stereocenters. The molecule has 5 nitrogen and oxygen atoms in total. The van der Waals surface area contributed by atoms with Gasteiger partial charge in [-0.1, -0.05) is 26.0 Å². The van der Waals surface area contributed by atoms with E-state index in [4.69, 9.17) is 4.74 Å². The van der Waals surface area contributed by atoms with Crippen LogP contribution >= 0.6 is 0 Å². The summed E-state index contributed by atoms with van der Waals surface area (Å²) in [5.41, 5.74) is 0.00824. The molecule has 0 spiro atoms. The van der Waals surface area contributed by atoms with Crippen molar-refractivity contribution in [1.82, 2.24) is 9.21 Å². The third-order valence-corrected chi connectivity index (χ3v) is 7.57. The fraction of sp³-hybridized carbons (Fsp3) is 0.684. The molecule has 2 saturated heterocycles. The molecular formula is C19H29FN2O3S. The molecule has 26 heavy (non-hydrogen) atoms. The maximum atomic E-state index is 14.7. The van der Waals surface area contributed by atoms with Crippen LogP contribution in [0, 0.1) is 5.92 Å². The van der Waals surface area contributed by atoms with Crippen LogP contribution in [0.5, 0.6) is 0 Å². The van der Waals surface area contributed by atoms with Crippen molar-refractivity contribution in [3.8, 4) is 0 Å². The van der Waals surface area contributed by atoms with Crippen molar-refractivity contribution >= 4 is 10.0 Å². The lowest BCUT2D eigenvalue weighted by atomic mass is 9.83. The van der Waals surface area contributed by atoms with Gasteiger partial charge >= 0.3 is 0 Å². The van der Waals surface area contributed by atoms with Crippen LogP contribution in [0.15, 0.2) is 29.2 Å². The maximum Gasteiger partial charge on any atom is 0.243 e. The summed E-state index contributed by atoms with van der Waals surface area (Å²) >= 11 is 0. The molecule has 0 aliphatic carbocycles. The van der Waals surface area contributed by atoms with Crippen LogP contribution in [-0.4, -0.2) is 62.7 Å². The number of benzene rings is 1. The van der Waals surface area contributed by atoms with Crippen LogP contribution in [0.2, 0.25) is 0 Å². The predicted octanol–water partition coefficient (Wildman–Crippen LogP) is 2.67. The zero-order valence-electron chi connectivity index (χ0n) is 15.7. The molecule has 3 rings (SSSR count). The molecule has 2 aliphatic rings. The van der Waals surface area contributed by atoms with Crippen molar-refractivity contribution in [2.24, 2.45) is 5.92 Å². The summed E-state index contributed by atoms with van der Waals surface area (Å²) in [7, 11) is -3.45. The molecule has 0 saturated carbocycles. The molecule has 146 valence electrons. The van der Waals surface area contributed by atoms with Crippen molar-refractivity contribution in [3.63, 3.8) is 0 Å². The Balaban J connectivity index is 1.60. The Morgan fingerprint density at radius 1 is 1.08 bits per heavy atom. The van der Waals surface area contributed by atoms with E-state index in [1.54, 1.807) is 12.1 Å². The number of likely N-dealkylation sites (tertiary alicyclic amines) is 1. The lowest BCUT2D eigenvalue weighted by Gasteiger charge is -2.38. The highest BCUT2D eigenvalue weighted by Crippen LogP contribution is 2.34. The van der Waals surface area contributed by atoms with Crippen molar-refractivity contribution < 1.29 is 17.5 Å². The number of halogens is 1. The van der Waals surface area contributed by atoms with Gasteiger partial charge in [0.15, 0.2) is 0 Å². The number of piperidine rings is 1. The van der Waals surface area contributed by atoms with Crippen LogP contribution in [0.3, 0.4) is 0 Å². The normalized spacial score (nSPS) is 22.6. The first-order valence-electron chi connectivity index (χ1n) is 9.39. The highest BCUT2D eigenvalue weighted by Gasteiger charge is 2.37. The Morgan fingerprint density at radius 3 is 2.19 bits per heavy atom. The summed E-state index contributed by atoms with van der Waals surface area (Å²) in [5, 5.41) is 0. The minimum absolute atomic E-state index is 0.0503. The SMILES string of the molecule is CC(C)C1(F)CCN(Cc2ccc(S(=O)(=O)N3CCOCC3)cc2)CC1. The van der Waals surface area contributed by atoms with Crippen molar-refractivity contribution in [2.45, 2.75) is 43.8 Å². The first kappa shape index (κ1) is 19.7. The third kappa shape index (κ3) is 4.27. The number of hydrogen-bond acceptors (Lipinski definition) is 4. The highest BCUT2D eigenvalue weighted by molar-refractivity contribution is 7.89. The number of rotatable bonds is 5. The molecule has 1 aromatic rings. The van der Waals surface area contributed by atoms with E-state index in [1.807, 2.05) is 26.0 Å². The predicted molar refractivity (Wildman–Crippen MR) is 99.2 cm³/mol. The largest absolute Gasteiger partial charge is 0.379 e. The van der Waals surface area contributed by atoms with E-state index in [2.05, 4.69) is 4.90 Å². The van der Waals surface area contributed by atoms with E-state index in [0.29, 0.717) is 44.0 Å². The van der Waals surface area contributed by atoms with E-state index in [0.717, 1.165) is 25.2 Å². The van der Waals surface area contributed by atoms with Gasteiger partial charge in [0.1, 0.15) is 5.67 Å². The van der Waals surface area contributed by atoms with Gasteiger partial charge in [-0.15, -0.1) is 0 Å². The number of morpholine rings is 1. The van der Waals surface area contributed by atoms with Crippen LogP contribution in [-0.2, 0) is 21.3 Å². The number of sulfonamides is 1. The van der Waals surface area contributed by atoms with Crippen molar-refractivity contribution in [2.75, 3.05) is 39.4 Å². The Hall–Kier alpha value is -1.02. The number of hydrogen-bond donors (Lipinski definition) is 0. The van der Waals surface area contributed by atoms with E-state index in [9.17, 15) is 12.8 Å². The quantitative estimate of drug-likeness (QED) is 0.783. The fourth-order valence-corrected chi connectivity index (χ4v) is 5.03. The smallest absolute Gasteiger partial charge is 0.243 e. The minimum atomic E-state index is -3.45. The fourth-order valence-electron chi connectivity index (χ4n) is 3.62. The summed E-state index contributed by atoms with van der Waals surface area (Å²) in [6.45, 7) is 7.79. The van der Waals surface area contributed by atoms with Crippen molar-refractivity contribution in [1.29, 1.82) is 0 Å². The monoisotopic (exact) mass is 384 g/mol. The lowest BCUT2D eigenvalue weighted by molar-refractivity contribution is 0.0172. The van der Waals surface area contributed by atoms with Crippen LogP contribution in [0.25, 0.3) is 0 Å². The summed E-state index contributed by atoms with van der Waals surface area (Å²) in [4.78, 5) is 2.57. The molecule has 0 bridgehead atoms. The third-order valence-electron chi connectivity index (χ3n) is 5.66. The Labute approximate surface area is 156 Å².